The summed E-state index contributed by atoms with van der Waals surface area (Å²) in [4.78, 5) is 13.9. The number of nitrogens with zero attached hydrogens (tertiary/aromatic N) is 2. The SMILES string of the molecule is Cl.O=C(O)c1c(OC2CN(Cc3ccn[nH]3)C2)ccc2c1OB(O)CC2. The van der Waals surface area contributed by atoms with Crippen LogP contribution in [0.15, 0.2) is 24.4 Å². The Hall–Kier alpha value is -2.23. The van der Waals surface area contributed by atoms with E-state index in [0.717, 1.165) is 17.8 Å². The van der Waals surface area contributed by atoms with E-state index in [-0.39, 0.29) is 35.6 Å². The topological polar surface area (TPSA) is 108 Å². The Labute approximate surface area is 156 Å². The van der Waals surface area contributed by atoms with E-state index in [4.69, 9.17) is 9.39 Å². The van der Waals surface area contributed by atoms with Crippen LogP contribution >= 0.6 is 12.4 Å². The van der Waals surface area contributed by atoms with Gasteiger partial charge in [0.15, 0.2) is 0 Å². The molecule has 0 aliphatic carbocycles. The van der Waals surface area contributed by atoms with Crippen molar-refractivity contribution in [3.05, 3.63) is 41.2 Å². The molecule has 1 fully saturated rings. The van der Waals surface area contributed by atoms with E-state index in [2.05, 4.69) is 15.1 Å². The highest BCUT2D eigenvalue weighted by atomic mass is 35.5. The number of H-pyrrole nitrogens is 1. The third kappa shape index (κ3) is 3.65. The molecule has 0 saturated carbocycles. The lowest BCUT2D eigenvalue weighted by Gasteiger charge is -2.39. The van der Waals surface area contributed by atoms with Gasteiger partial charge in [-0.25, -0.2) is 4.79 Å². The number of nitrogens with one attached hydrogen (secondary N) is 1. The van der Waals surface area contributed by atoms with Gasteiger partial charge in [0.25, 0.3) is 0 Å². The highest BCUT2D eigenvalue weighted by Gasteiger charge is 2.33. The quantitative estimate of drug-likeness (QED) is 0.670. The monoisotopic (exact) mass is 379 g/mol. The lowest BCUT2D eigenvalue weighted by atomic mass is 9.78. The highest BCUT2D eigenvalue weighted by molar-refractivity contribution is 6.44. The van der Waals surface area contributed by atoms with Crippen LogP contribution in [0, 0.1) is 0 Å². The molecule has 1 aromatic carbocycles. The number of aromatic carboxylic acids is 1. The number of aromatic nitrogens is 2. The lowest BCUT2D eigenvalue weighted by Crippen LogP contribution is -2.53. The van der Waals surface area contributed by atoms with Gasteiger partial charge in [-0.2, -0.15) is 5.10 Å². The number of aromatic amines is 1. The van der Waals surface area contributed by atoms with Crippen LogP contribution in [0.1, 0.15) is 21.6 Å². The molecular formula is C16H19BClN3O5. The Bertz CT molecular complexity index is 782. The molecule has 0 atom stereocenters. The zero-order valence-corrected chi connectivity index (χ0v) is 14.7. The molecule has 0 bridgehead atoms. The normalized spacial score (nSPS) is 16.9. The van der Waals surface area contributed by atoms with Crippen molar-refractivity contribution in [3.8, 4) is 11.5 Å². The van der Waals surface area contributed by atoms with Crippen LogP contribution in [0.5, 0.6) is 11.5 Å². The summed E-state index contributed by atoms with van der Waals surface area (Å²) in [6, 6.07) is 5.41. The van der Waals surface area contributed by atoms with Gasteiger partial charge in [0.05, 0.1) is 0 Å². The molecular weight excluding hydrogens is 360 g/mol. The van der Waals surface area contributed by atoms with Crippen LogP contribution in [0.2, 0.25) is 6.32 Å². The van der Waals surface area contributed by atoms with E-state index in [9.17, 15) is 14.9 Å². The van der Waals surface area contributed by atoms with Gasteiger partial charge < -0.3 is 19.5 Å². The number of halogens is 1. The van der Waals surface area contributed by atoms with Crippen LogP contribution in [0.3, 0.4) is 0 Å². The fraction of sp³-hybridized carbons (Fsp3) is 0.375. The van der Waals surface area contributed by atoms with Crippen LogP contribution < -0.4 is 9.39 Å². The average Bonchev–Trinajstić information content (AvgIpc) is 3.05. The van der Waals surface area contributed by atoms with Gasteiger partial charge in [-0.3, -0.25) is 10.00 Å². The number of benzene rings is 1. The van der Waals surface area contributed by atoms with Gasteiger partial charge >= 0.3 is 13.1 Å². The van der Waals surface area contributed by atoms with Crippen LogP contribution in [-0.2, 0) is 13.0 Å². The van der Waals surface area contributed by atoms with Crippen molar-refractivity contribution in [1.82, 2.24) is 15.1 Å². The zero-order chi connectivity index (χ0) is 17.4. The molecule has 26 heavy (non-hydrogen) atoms. The maximum absolute atomic E-state index is 11.7. The first-order valence-electron chi connectivity index (χ1n) is 8.21. The van der Waals surface area contributed by atoms with E-state index >= 15 is 0 Å². The van der Waals surface area contributed by atoms with Crippen molar-refractivity contribution in [1.29, 1.82) is 0 Å². The van der Waals surface area contributed by atoms with Crippen molar-refractivity contribution in [2.75, 3.05) is 13.1 Å². The zero-order valence-electron chi connectivity index (χ0n) is 13.9. The molecule has 2 aliphatic heterocycles. The molecule has 138 valence electrons. The van der Waals surface area contributed by atoms with Crippen molar-refractivity contribution < 1.29 is 24.3 Å². The summed E-state index contributed by atoms with van der Waals surface area (Å²) >= 11 is 0. The number of carbonyl (C=O) groups is 1. The maximum Gasteiger partial charge on any atom is 0.522 e. The number of aryl methyl sites for hydroxylation is 1. The summed E-state index contributed by atoms with van der Waals surface area (Å²) in [5, 5.41) is 26.1. The number of carboxylic acids is 1. The Kier molecular flexibility index (Phi) is 5.40. The molecule has 1 aromatic heterocycles. The molecule has 3 N–H and O–H groups in total. The minimum atomic E-state index is -1.12. The first-order valence-corrected chi connectivity index (χ1v) is 8.21. The number of likely N-dealkylation sites (tertiary alicyclic amines) is 1. The molecule has 0 spiro atoms. The minimum absolute atomic E-state index is 0. The molecule has 0 radical (unpaired) electrons. The summed E-state index contributed by atoms with van der Waals surface area (Å²) < 4.78 is 11.2. The minimum Gasteiger partial charge on any atom is -0.535 e. The van der Waals surface area contributed by atoms with E-state index in [0.29, 0.717) is 25.8 Å². The number of rotatable bonds is 5. The van der Waals surface area contributed by atoms with E-state index < -0.39 is 13.1 Å². The Balaban J connectivity index is 0.00000196. The third-order valence-corrected chi connectivity index (χ3v) is 4.50. The number of fused-ring (bicyclic) bond motifs is 1. The van der Waals surface area contributed by atoms with E-state index in [1.54, 1.807) is 12.3 Å². The number of ether oxygens (including phenoxy) is 1. The van der Waals surface area contributed by atoms with Crippen LogP contribution in [0.4, 0.5) is 0 Å². The summed E-state index contributed by atoms with van der Waals surface area (Å²) in [5.41, 5.74) is 1.80. The predicted molar refractivity (Wildman–Crippen MR) is 96.0 cm³/mol. The first-order chi connectivity index (χ1) is 12.1. The summed E-state index contributed by atoms with van der Waals surface area (Å²) in [7, 11) is -0.977. The van der Waals surface area contributed by atoms with Gasteiger partial charge in [0, 0.05) is 31.5 Å². The highest BCUT2D eigenvalue weighted by Crippen LogP contribution is 2.37. The van der Waals surface area contributed by atoms with Crippen molar-refractivity contribution >= 4 is 25.5 Å². The smallest absolute Gasteiger partial charge is 0.522 e. The van der Waals surface area contributed by atoms with Gasteiger partial charge in [-0.05, 0) is 30.4 Å². The van der Waals surface area contributed by atoms with Crippen molar-refractivity contribution in [2.45, 2.75) is 25.4 Å². The predicted octanol–water partition coefficient (Wildman–Crippen LogP) is 1.21. The molecule has 0 unspecified atom stereocenters. The van der Waals surface area contributed by atoms with Crippen LogP contribution in [0.25, 0.3) is 0 Å². The Morgan fingerprint density at radius 1 is 1.42 bits per heavy atom. The maximum atomic E-state index is 11.7. The summed E-state index contributed by atoms with van der Waals surface area (Å²) in [6.07, 6.45) is 2.67. The van der Waals surface area contributed by atoms with Crippen molar-refractivity contribution in [3.63, 3.8) is 0 Å². The third-order valence-electron chi connectivity index (χ3n) is 4.50. The van der Waals surface area contributed by atoms with Gasteiger partial charge in [-0.15, -0.1) is 12.4 Å². The first kappa shape index (κ1) is 18.6. The van der Waals surface area contributed by atoms with Gasteiger partial charge in [0.1, 0.15) is 23.2 Å². The number of carboxylic acid groups (broad SMARTS) is 1. The van der Waals surface area contributed by atoms with E-state index in [1.165, 1.54) is 0 Å². The van der Waals surface area contributed by atoms with Gasteiger partial charge in [0.2, 0.25) is 0 Å². The molecule has 3 heterocycles. The Morgan fingerprint density at radius 3 is 2.92 bits per heavy atom. The second kappa shape index (κ2) is 7.57. The Morgan fingerprint density at radius 2 is 2.23 bits per heavy atom. The average molecular weight is 380 g/mol. The molecule has 2 aromatic rings. The molecule has 10 heteroatoms. The molecule has 4 rings (SSSR count). The fourth-order valence-corrected chi connectivity index (χ4v) is 3.23. The second-order valence-electron chi connectivity index (χ2n) is 6.36. The molecule has 1 saturated heterocycles. The molecule has 8 nitrogen and oxygen atoms in total. The number of hydrogen-bond acceptors (Lipinski definition) is 6. The number of hydrogen-bond donors (Lipinski definition) is 3. The summed E-state index contributed by atoms with van der Waals surface area (Å²) in [5.74, 6) is -0.612. The lowest BCUT2D eigenvalue weighted by molar-refractivity contribution is 0.0127. The fourth-order valence-electron chi connectivity index (χ4n) is 3.23. The van der Waals surface area contributed by atoms with Crippen molar-refractivity contribution in [2.24, 2.45) is 0 Å². The van der Waals surface area contributed by atoms with Crippen LogP contribution in [-0.4, -0.2) is 57.5 Å². The van der Waals surface area contributed by atoms with E-state index in [1.807, 2.05) is 12.1 Å². The molecule has 2 aliphatic rings. The summed E-state index contributed by atoms with van der Waals surface area (Å²) in [6.45, 7) is 2.17. The van der Waals surface area contributed by atoms with Gasteiger partial charge in [-0.1, -0.05) is 6.07 Å². The largest absolute Gasteiger partial charge is 0.535 e. The molecule has 0 amide bonds. The standard InChI is InChI=1S/C16H18BN3O5.ClH/c21-16(22)14-13(2-1-10-3-5-17(23)25-15(10)14)24-12-8-20(9-12)7-11-4-6-18-19-11;/h1-2,4,6,12,23H,3,5,7-9H2,(H,18,19)(H,21,22);1H. The second-order valence-corrected chi connectivity index (χ2v) is 6.36.